The van der Waals surface area contributed by atoms with Gasteiger partial charge in [-0.25, -0.2) is 53.8 Å². The zero-order valence-electron chi connectivity index (χ0n) is 40.2. The first-order valence-corrected chi connectivity index (χ1v) is 22.1. The van der Waals surface area contributed by atoms with Crippen molar-refractivity contribution in [2.75, 3.05) is 5.73 Å². The van der Waals surface area contributed by atoms with E-state index in [0.717, 1.165) is 28.2 Å². The standard InChI is InChI=1S/C14H11N11.C8H4N7.C8H6N6.C6H8N4.HNO2.Na.2HO4P.2H2/c1-8-12(14-19-9(2)23-25(14)22-8)20-21-13-10(15-3)6-18-24(13)11-7-16-4-5-17-11;1-10-6-5-13-15(7(6)14-9)8-11-3-2-4-12-8;1-10-6-4-13-14(8(6)9)7-5-11-2-3-12-7;1-4-3-6-7-5(2)9-10(6)8-4;2-1-3;;2*1-4-5(2)3;;/h4-7,22H,1-2H3;2-5H;2-5H,9H2;3,8H,1-2H3;(H,2,3);;2*1H;2*1H/q;+1;;;;+1;;;;/p-2. The van der Waals surface area contributed by atoms with Crippen molar-refractivity contribution < 1.29 is 71.2 Å². The van der Waals surface area contributed by atoms with E-state index in [0.29, 0.717) is 34.5 Å². The Morgan fingerprint density at radius 3 is 1.79 bits per heavy atom. The molecule has 0 aliphatic heterocycles. The maximum Gasteiger partial charge on any atom is 1.00 e. The minimum absolute atomic E-state index is 0. The normalized spacial score (nSPS) is 10.2. The summed E-state index contributed by atoms with van der Waals surface area (Å²) in [7, 11) is -6.20. The third-order valence-corrected chi connectivity index (χ3v) is 8.51. The van der Waals surface area contributed by atoms with Crippen LogP contribution in [0.5, 0.6) is 0 Å². The molecule has 42 heteroatoms. The molecule has 0 radical (unpaired) electrons. The van der Waals surface area contributed by atoms with Gasteiger partial charge in [0.05, 0.1) is 61.8 Å². The first kappa shape index (κ1) is 62.2. The second kappa shape index (κ2) is 31.6. The van der Waals surface area contributed by atoms with Gasteiger partial charge in [0.1, 0.15) is 17.5 Å². The van der Waals surface area contributed by atoms with Crippen molar-refractivity contribution in [1.82, 2.24) is 98.9 Å². The Morgan fingerprint density at radius 1 is 0.756 bits per heavy atom. The molecule has 0 bridgehead atoms. The van der Waals surface area contributed by atoms with Gasteiger partial charge in [0, 0.05) is 61.4 Å². The van der Waals surface area contributed by atoms with Crippen molar-refractivity contribution in [3.05, 3.63) is 153 Å². The van der Waals surface area contributed by atoms with Crippen LogP contribution in [0.1, 0.15) is 25.9 Å². The van der Waals surface area contributed by atoms with Crippen LogP contribution < -0.4 is 50.3 Å². The molecule has 10 aromatic rings. The summed E-state index contributed by atoms with van der Waals surface area (Å²) in [5.74, 6) is 3.18. The summed E-state index contributed by atoms with van der Waals surface area (Å²) in [6.45, 7) is 28.4. The minimum Gasteiger partial charge on any atom is -0.674 e. The van der Waals surface area contributed by atoms with Gasteiger partial charge in [-0.15, -0.1) is 25.8 Å². The van der Waals surface area contributed by atoms with Gasteiger partial charge in [0.15, 0.2) is 28.8 Å². The van der Waals surface area contributed by atoms with E-state index in [2.05, 4.69) is 115 Å². The Kier molecular flexibility index (Phi) is 25.2. The fourth-order valence-corrected chi connectivity index (χ4v) is 5.39. The molecule has 0 aliphatic carbocycles. The number of hydrogen-bond donors (Lipinski definition) is 4. The number of aromatic amines is 2. The Labute approximate surface area is 460 Å². The summed E-state index contributed by atoms with van der Waals surface area (Å²) in [6, 6.07) is 3.61. The number of hydrogen-bond acceptors (Lipinski definition) is 28. The predicted octanol–water partition coefficient (Wildman–Crippen LogP) is 1.32. The number of aromatic nitrogens is 20. The van der Waals surface area contributed by atoms with Crippen molar-refractivity contribution in [3.63, 3.8) is 0 Å². The van der Waals surface area contributed by atoms with Crippen molar-refractivity contribution in [3.8, 4) is 17.6 Å². The molecule has 10 aromatic heterocycles. The number of anilines is 1. The van der Waals surface area contributed by atoms with Gasteiger partial charge in [-0.2, -0.15) is 29.4 Å². The summed E-state index contributed by atoms with van der Waals surface area (Å²) < 4.78 is 30.1. The van der Waals surface area contributed by atoms with Crippen molar-refractivity contribution >= 4 is 68.0 Å². The summed E-state index contributed by atoms with van der Waals surface area (Å²) in [5, 5.41) is 68.1. The summed E-state index contributed by atoms with van der Waals surface area (Å²) in [5.41, 5.74) is 10.2. The monoisotopic (exact) mass is 1120 g/mol. The first-order valence-electron chi connectivity index (χ1n) is 19.9. The van der Waals surface area contributed by atoms with Gasteiger partial charge >= 0.3 is 63.5 Å². The number of nitrogen functional groups attached to an aromatic ring is 1. The van der Waals surface area contributed by atoms with Gasteiger partial charge in [-0.05, 0) is 42.9 Å². The quantitative estimate of drug-likeness (QED) is 0.0255. The maximum atomic E-state index is 8.93. The van der Waals surface area contributed by atoms with Gasteiger partial charge in [-0.3, -0.25) is 20.2 Å². The van der Waals surface area contributed by atoms with E-state index in [9.17, 15) is 0 Å². The molecule has 2 atom stereocenters. The fourth-order valence-electron chi connectivity index (χ4n) is 5.39. The molecule has 10 heterocycles. The topological polar surface area (TPSA) is 509 Å². The fraction of sp³-hybridized carbons (Fsp3) is 0.111. The molecule has 5 N–H and O–H groups in total. The van der Waals surface area contributed by atoms with E-state index >= 15 is 0 Å². The van der Waals surface area contributed by atoms with Crippen molar-refractivity contribution in [2.24, 2.45) is 15.6 Å². The average Bonchev–Trinajstić information content (AvgIpc) is 4.34. The summed E-state index contributed by atoms with van der Waals surface area (Å²) in [4.78, 5) is 71.0. The number of H-pyrrole nitrogens is 2. The SMILES string of the molecule is Cc1nc2cc(C)[nH]n2n1.O=N[O-].O=[P+]([O-])OO.O=[P+]([O-])O[O-].[C-]#[N+]c1cnn(-c2cnccn2)c1N.[C-]#[N+]c1cnn(-c2cnccn2)c1N=Nc1c(C)[nH]n2nc(C)nc12.[C-]#[N+]c1cnn(-c2ncccn2)c1[N+]#N.[HH].[HH].[Na+]. The molecule has 0 aliphatic rings. The molecule has 0 saturated carbocycles. The van der Waals surface area contributed by atoms with Gasteiger partial charge in [-0.1, -0.05) is 9.78 Å². The maximum absolute atomic E-state index is 8.93. The summed E-state index contributed by atoms with van der Waals surface area (Å²) in [6.07, 6.45) is 16.4. The number of rotatable bonds is 7. The van der Waals surface area contributed by atoms with Crippen LogP contribution in [-0.4, -0.2) is 104 Å². The van der Waals surface area contributed by atoms with Crippen molar-refractivity contribution in [2.45, 2.75) is 27.7 Å². The number of azo groups is 1. The third kappa shape index (κ3) is 17.5. The molecule has 39 nitrogen and oxygen atoms in total. The van der Waals surface area contributed by atoms with E-state index < -0.39 is 16.5 Å². The molecule has 0 spiro atoms. The Hall–Kier alpha value is -10.1. The number of aryl methyl sites for hydroxylation is 4. The van der Waals surface area contributed by atoms with Crippen LogP contribution in [0, 0.1) is 62.9 Å². The van der Waals surface area contributed by atoms with Crippen LogP contribution >= 0.6 is 16.5 Å². The Balaban J connectivity index is 0.000000509. The average molecular weight is 1120 g/mol. The number of nitrogens with two attached hydrogens (primary N) is 1. The molecular weight excluding hydrogens is 1080 g/mol. The van der Waals surface area contributed by atoms with Crippen LogP contribution in [-0.2, 0) is 18.5 Å². The van der Waals surface area contributed by atoms with E-state index in [4.69, 9.17) is 70.4 Å². The number of nitrogens with one attached hydrogen (secondary N) is 2. The molecule has 0 aromatic carbocycles. The molecule has 0 saturated heterocycles. The smallest absolute Gasteiger partial charge is 0.674 e. The van der Waals surface area contributed by atoms with E-state index in [1.54, 1.807) is 30.0 Å². The molecule has 0 fully saturated rings. The Morgan fingerprint density at radius 2 is 1.28 bits per heavy atom. The molecule has 0 amide bonds. The van der Waals surface area contributed by atoms with Crippen LogP contribution in [0.4, 0.5) is 40.2 Å². The van der Waals surface area contributed by atoms with Gasteiger partial charge < -0.3 is 30.9 Å². The van der Waals surface area contributed by atoms with E-state index in [-0.39, 0.29) is 67.2 Å². The Bertz CT molecular complexity index is 3690. The van der Waals surface area contributed by atoms with Crippen LogP contribution in [0.15, 0.2) is 95.9 Å². The summed E-state index contributed by atoms with van der Waals surface area (Å²) >= 11 is 0. The number of fused-ring (bicyclic) bond motifs is 2. The van der Waals surface area contributed by atoms with E-state index in [1.165, 1.54) is 74.4 Å². The molecule has 2 unspecified atom stereocenters. The largest absolute Gasteiger partial charge is 1.00 e. The molecule has 78 heavy (non-hydrogen) atoms. The van der Waals surface area contributed by atoms with Gasteiger partial charge in [0.25, 0.3) is 5.69 Å². The molecular formula is C36H34N29NaO10P2. The zero-order valence-corrected chi connectivity index (χ0v) is 44.0. The van der Waals surface area contributed by atoms with Crippen LogP contribution in [0.3, 0.4) is 0 Å². The van der Waals surface area contributed by atoms with Crippen LogP contribution in [0.2, 0.25) is 0 Å². The molecule has 394 valence electrons. The molecule has 10 rings (SSSR count). The minimum atomic E-state index is -3.15. The van der Waals surface area contributed by atoms with Crippen LogP contribution in [0.25, 0.3) is 48.4 Å². The predicted molar refractivity (Wildman–Crippen MR) is 257 cm³/mol. The third-order valence-electron chi connectivity index (χ3n) is 8.26. The number of nitrogens with zero attached hydrogens (tertiary/aromatic N) is 26. The first-order chi connectivity index (χ1) is 37.1. The second-order valence-electron chi connectivity index (χ2n) is 13.2. The van der Waals surface area contributed by atoms with E-state index in [1.807, 2.05) is 26.8 Å². The number of diazo groups is 1. The van der Waals surface area contributed by atoms with Crippen molar-refractivity contribution in [1.29, 1.82) is 5.39 Å². The zero-order chi connectivity index (χ0) is 56.4. The second-order valence-corrected chi connectivity index (χ2v) is 14.4. The van der Waals surface area contributed by atoms with Gasteiger partial charge in [0.2, 0.25) is 11.3 Å².